The molecule has 1 heterocycles. The molecule has 1 unspecified atom stereocenters. The van der Waals surface area contributed by atoms with Gasteiger partial charge in [-0.3, -0.25) is 4.79 Å². The van der Waals surface area contributed by atoms with Crippen LogP contribution >= 0.6 is 11.6 Å². The van der Waals surface area contributed by atoms with Gasteiger partial charge in [-0.1, -0.05) is 29.8 Å². The van der Waals surface area contributed by atoms with Crippen LogP contribution in [0.25, 0.3) is 0 Å². The number of carbonyl (C=O) groups is 1. The van der Waals surface area contributed by atoms with Crippen molar-refractivity contribution in [3.8, 4) is 5.75 Å². The second-order valence-corrected chi connectivity index (χ2v) is 5.69. The quantitative estimate of drug-likeness (QED) is 0.816. The third-order valence-corrected chi connectivity index (χ3v) is 4.26. The summed E-state index contributed by atoms with van der Waals surface area (Å²) in [5.74, 6) is 0.151. The minimum Gasteiger partial charge on any atom is -0.508 e. The summed E-state index contributed by atoms with van der Waals surface area (Å²) in [6.45, 7) is 1.88. The molecule has 0 spiro atoms. The van der Waals surface area contributed by atoms with E-state index in [1.54, 1.807) is 24.3 Å². The molecule has 102 valence electrons. The van der Waals surface area contributed by atoms with Gasteiger partial charge < -0.3 is 5.11 Å². The van der Waals surface area contributed by atoms with Crippen molar-refractivity contribution in [2.45, 2.75) is 25.2 Å². The van der Waals surface area contributed by atoms with Crippen LogP contribution in [0.5, 0.6) is 5.75 Å². The van der Waals surface area contributed by atoms with Crippen LogP contribution in [-0.4, -0.2) is 15.9 Å². The van der Waals surface area contributed by atoms with Gasteiger partial charge in [0, 0.05) is 11.1 Å². The maximum atomic E-state index is 12.8. The molecule has 1 aromatic heterocycles. The number of para-hydroxylation sites is 1. The van der Waals surface area contributed by atoms with E-state index < -0.39 is 5.41 Å². The van der Waals surface area contributed by atoms with Gasteiger partial charge in [0.15, 0.2) is 5.78 Å². The lowest BCUT2D eigenvalue weighted by Gasteiger charge is -2.33. The van der Waals surface area contributed by atoms with Crippen LogP contribution in [0.1, 0.15) is 35.0 Å². The zero-order chi connectivity index (χ0) is 14.3. The SMILES string of the molecule is CC1(c2ccccc2O)CCc2nc(Cl)ccc2C1=O. The Labute approximate surface area is 122 Å². The molecule has 20 heavy (non-hydrogen) atoms. The summed E-state index contributed by atoms with van der Waals surface area (Å²) >= 11 is 5.88. The van der Waals surface area contributed by atoms with Gasteiger partial charge in [0.25, 0.3) is 0 Å². The van der Waals surface area contributed by atoms with Gasteiger partial charge in [-0.05, 0) is 38.0 Å². The van der Waals surface area contributed by atoms with Gasteiger partial charge >= 0.3 is 0 Å². The number of pyridine rings is 1. The zero-order valence-electron chi connectivity index (χ0n) is 11.1. The van der Waals surface area contributed by atoms with Crippen molar-refractivity contribution in [1.82, 2.24) is 4.98 Å². The predicted octanol–water partition coefficient (Wildman–Crippen LogP) is 3.53. The van der Waals surface area contributed by atoms with Crippen LogP contribution in [0.2, 0.25) is 5.15 Å². The van der Waals surface area contributed by atoms with Gasteiger partial charge in [-0.25, -0.2) is 4.98 Å². The molecule has 0 aliphatic heterocycles. The number of rotatable bonds is 1. The largest absolute Gasteiger partial charge is 0.508 e. The molecule has 0 amide bonds. The molecule has 0 radical (unpaired) electrons. The summed E-state index contributed by atoms with van der Waals surface area (Å²) in [5.41, 5.74) is 1.31. The second-order valence-electron chi connectivity index (χ2n) is 5.31. The molecule has 1 atom stereocenters. The molecule has 1 aliphatic rings. The van der Waals surface area contributed by atoms with Gasteiger partial charge in [0.05, 0.1) is 11.1 Å². The monoisotopic (exact) mass is 287 g/mol. The van der Waals surface area contributed by atoms with Gasteiger partial charge in [0.1, 0.15) is 10.9 Å². The van der Waals surface area contributed by atoms with Crippen LogP contribution in [0.3, 0.4) is 0 Å². The first-order chi connectivity index (χ1) is 9.52. The number of nitrogens with zero attached hydrogens (tertiary/aromatic N) is 1. The van der Waals surface area contributed by atoms with E-state index in [1.807, 2.05) is 19.1 Å². The highest BCUT2D eigenvalue weighted by Gasteiger charge is 2.41. The molecule has 4 heteroatoms. The number of benzene rings is 1. The summed E-state index contributed by atoms with van der Waals surface area (Å²) in [4.78, 5) is 17.0. The summed E-state index contributed by atoms with van der Waals surface area (Å²) in [6, 6.07) is 10.4. The lowest BCUT2D eigenvalue weighted by molar-refractivity contribution is 0.0871. The summed E-state index contributed by atoms with van der Waals surface area (Å²) in [7, 11) is 0. The van der Waals surface area contributed by atoms with E-state index in [1.165, 1.54) is 0 Å². The van der Waals surface area contributed by atoms with Crippen LogP contribution < -0.4 is 0 Å². The Morgan fingerprint density at radius 3 is 2.75 bits per heavy atom. The van der Waals surface area contributed by atoms with Gasteiger partial charge in [-0.2, -0.15) is 0 Å². The normalized spacial score (nSPS) is 21.6. The Kier molecular flexibility index (Phi) is 3.02. The first kappa shape index (κ1) is 13.1. The second kappa shape index (κ2) is 4.60. The average Bonchev–Trinajstić information content (AvgIpc) is 2.44. The number of carbonyl (C=O) groups excluding carboxylic acids is 1. The minimum absolute atomic E-state index is 0.00980. The lowest BCUT2D eigenvalue weighted by Crippen LogP contribution is -2.37. The van der Waals surface area contributed by atoms with E-state index in [2.05, 4.69) is 4.98 Å². The number of fused-ring (bicyclic) bond motifs is 1. The van der Waals surface area contributed by atoms with E-state index in [9.17, 15) is 9.90 Å². The van der Waals surface area contributed by atoms with Crippen molar-refractivity contribution in [2.75, 3.05) is 0 Å². The maximum absolute atomic E-state index is 12.8. The number of phenolic OH excluding ortho intramolecular Hbond substituents is 1. The number of Topliss-reactive ketones (excluding diaryl/α,β-unsaturated/α-hetero) is 1. The van der Waals surface area contributed by atoms with Crippen molar-refractivity contribution in [2.24, 2.45) is 0 Å². The third kappa shape index (κ3) is 1.90. The Hall–Kier alpha value is -1.87. The first-order valence-corrected chi connectivity index (χ1v) is 6.89. The van der Waals surface area contributed by atoms with Crippen molar-refractivity contribution in [3.63, 3.8) is 0 Å². The highest BCUT2D eigenvalue weighted by molar-refractivity contribution is 6.29. The third-order valence-electron chi connectivity index (χ3n) is 4.05. The Morgan fingerprint density at radius 2 is 2.00 bits per heavy atom. The zero-order valence-corrected chi connectivity index (χ0v) is 11.8. The fraction of sp³-hybridized carbons (Fsp3) is 0.250. The van der Waals surface area contributed by atoms with Crippen LogP contribution in [0.4, 0.5) is 0 Å². The number of aryl methyl sites for hydroxylation is 1. The molecule has 1 N–H and O–H groups in total. The average molecular weight is 288 g/mol. The first-order valence-electron chi connectivity index (χ1n) is 6.51. The van der Waals surface area contributed by atoms with E-state index in [0.29, 0.717) is 29.1 Å². The Balaban J connectivity index is 2.12. The number of halogens is 1. The summed E-state index contributed by atoms with van der Waals surface area (Å²) in [5, 5.41) is 10.5. The molecule has 0 bridgehead atoms. The van der Waals surface area contributed by atoms with Crippen LogP contribution in [0.15, 0.2) is 36.4 Å². The molecule has 3 nitrogen and oxygen atoms in total. The lowest BCUT2D eigenvalue weighted by atomic mass is 9.68. The fourth-order valence-corrected chi connectivity index (χ4v) is 3.01. The van der Waals surface area contributed by atoms with E-state index in [4.69, 9.17) is 11.6 Å². The molecule has 1 aliphatic carbocycles. The maximum Gasteiger partial charge on any atom is 0.175 e. The molecular formula is C16H14ClNO2. The van der Waals surface area contributed by atoms with Crippen molar-refractivity contribution in [3.05, 3.63) is 58.4 Å². The smallest absolute Gasteiger partial charge is 0.175 e. The van der Waals surface area contributed by atoms with E-state index >= 15 is 0 Å². The van der Waals surface area contributed by atoms with Crippen molar-refractivity contribution >= 4 is 17.4 Å². The summed E-state index contributed by atoms with van der Waals surface area (Å²) in [6.07, 6.45) is 1.29. The van der Waals surface area contributed by atoms with Gasteiger partial charge in [-0.15, -0.1) is 0 Å². The molecular weight excluding hydrogens is 274 g/mol. The Bertz CT molecular complexity index is 699. The number of phenols is 1. The number of aromatic nitrogens is 1. The molecule has 0 saturated carbocycles. The number of ketones is 1. The predicted molar refractivity (Wildman–Crippen MR) is 77.4 cm³/mol. The highest BCUT2D eigenvalue weighted by atomic mass is 35.5. The van der Waals surface area contributed by atoms with Crippen molar-refractivity contribution in [1.29, 1.82) is 0 Å². The molecule has 0 fully saturated rings. The molecule has 3 rings (SSSR count). The van der Waals surface area contributed by atoms with Crippen LogP contribution in [-0.2, 0) is 11.8 Å². The van der Waals surface area contributed by atoms with Crippen LogP contribution in [0, 0.1) is 0 Å². The van der Waals surface area contributed by atoms with Gasteiger partial charge in [0.2, 0.25) is 0 Å². The number of hydrogen-bond acceptors (Lipinski definition) is 3. The van der Waals surface area contributed by atoms with E-state index in [0.717, 1.165) is 5.69 Å². The number of hydrogen-bond donors (Lipinski definition) is 1. The number of aromatic hydroxyl groups is 1. The topological polar surface area (TPSA) is 50.2 Å². The molecule has 0 saturated heterocycles. The van der Waals surface area contributed by atoms with E-state index in [-0.39, 0.29) is 11.5 Å². The standard InChI is InChI=1S/C16H14ClNO2/c1-16(11-4-2-3-5-13(11)19)9-8-12-10(15(16)20)6-7-14(17)18-12/h2-7,19H,8-9H2,1H3. The summed E-state index contributed by atoms with van der Waals surface area (Å²) < 4.78 is 0. The minimum atomic E-state index is -0.714. The molecule has 1 aromatic carbocycles. The fourth-order valence-electron chi connectivity index (χ4n) is 2.85. The molecule has 2 aromatic rings. The highest BCUT2D eigenvalue weighted by Crippen LogP contribution is 2.41. The van der Waals surface area contributed by atoms with Crippen molar-refractivity contribution < 1.29 is 9.90 Å². The Morgan fingerprint density at radius 1 is 1.25 bits per heavy atom.